The molecule has 1 atom stereocenters. The van der Waals surface area contributed by atoms with E-state index in [0.29, 0.717) is 22.9 Å². The van der Waals surface area contributed by atoms with Crippen molar-refractivity contribution in [2.75, 3.05) is 23.7 Å². The third-order valence-electron chi connectivity index (χ3n) is 4.34. The van der Waals surface area contributed by atoms with E-state index in [-0.39, 0.29) is 23.3 Å². The second-order valence-electron chi connectivity index (χ2n) is 6.76. The van der Waals surface area contributed by atoms with Crippen LogP contribution in [0, 0.1) is 0 Å². The standard InChI is InChI=1S/C20H25ClN4O4S/c1-3-11-25(14(2)20(27)24-17-6-4-5-15(21)12-17)13-19(26)23-16-7-9-18(10-8-16)30(22,28)29/h4-10,12,14H,3,11,13H2,1-2H3,(H,23,26)(H,24,27)(H2,22,28,29). The number of carbonyl (C=O) groups excluding carboxylic acids is 2. The van der Waals surface area contributed by atoms with Crippen LogP contribution >= 0.6 is 11.6 Å². The van der Waals surface area contributed by atoms with Gasteiger partial charge in [0, 0.05) is 16.4 Å². The minimum Gasteiger partial charge on any atom is -0.325 e. The molecule has 0 saturated heterocycles. The summed E-state index contributed by atoms with van der Waals surface area (Å²) in [5.41, 5.74) is 1.01. The molecule has 0 radical (unpaired) electrons. The average molecular weight is 453 g/mol. The fourth-order valence-electron chi connectivity index (χ4n) is 2.79. The first-order valence-electron chi connectivity index (χ1n) is 9.33. The zero-order chi connectivity index (χ0) is 22.3. The fourth-order valence-corrected chi connectivity index (χ4v) is 3.49. The summed E-state index contributed by atoms with van der Waals surface area (Å²) < 4.78 is 22.6. The third-order valence-corrected chi connectivity index (χ3v) is 5.51. The van der Waals surface area contributed by atoms with Gasteiger partial charge in [-0.25, -0.2) is 13.6 Å². The molecule has 2 aromatic rings. The number of anilines is 2. The molecule has 8 nitrogen and oxygen atoms in total. The van der Waals surface area contributed by atoms with Crippen LogP contribution in [0.15, 0.2) is 53.4 Å². The van der Waals surface area contributed by atoms with Gasteiger partial charge in [0.2, 0.25) is 21.8 Å². The topological polar surface area (TPSA) is 122 Å². The Hall–Kier alpha value is -2.46. The molecule has 2 aromatic carbocycles. The minimum atomic E-state index is -3.80. The van der Waals surface area contributed by atoms with Crippen LogP contribution < -0.4 is 15.8 Å². The molecule has 30 heavy (non-hydrogen) atoms. The Bertz CT molecular complexity index is 996. The average Bonchev–Trinajstić information content (AvgIpc) is 2.66. The van der Waals surface area contributed by atoms with Crippen molar-refractivity contribution in [3.8, 4) is 0 Å². The summed E-state index contributed by atoms with van der Waals surface area (Å²) in [6.07, 6.45) is 0.755. The summed E-state index contributed by atoms with van der Waals surface area (Å²) in [6.45, 7) is 4.22. The van der Waals surface area contributed by atoms with Crippen molar-refractivity contribution >= 4 is 44.8 Å². The molecule has 162 valence electrons. The zero-order valence-corrected chi connectivity index (χ0v) is 18.3. The number of nitrogens with two attached hydrogens (primary N) is 1. The number of rotatable bonds is 9. The fraction of sp³-hybridized carbons (Fsp3) is 0.300. The summed E-state index contributed by atoms with van der Waals surface area (Å²) in [5.74, 6) is -0.578. The van der Waals surface area contributed by atoms with Crippen molar-refractivity contribution in [1.82, 2.24) is 4.90 Å². The molecule has 0 saturated carbocycles. The lowest BCUT2D eigenvalue weighted by atomic mass is 10.2. The van der Waals surface area contributed by atoms with Crippen LogP contribution in [0.1, 0.15) is 20.3 Å². The largest absolute Gasteiger partial charge is 0.325 e. The Labute approximate surface area is 181 Å². The van der Waals surface area contributed by atoms with E-state index in [1.807, 2.05) is 6.92 Å². The number of sulfonamides is 1. The Kier molecular flexibility index (Phi) is 8.36. The molecule has 0 aliphatic carbocycles. The highest BCUT2D eigenvalue weighted by molar-refractivity contribution is 7.89. The van der Waals surface area contributed by atoms with Gasteiger partial charge in [0.1, 0.15) is 0 Å². The van der Waals surface area contributed by atoms with Crippen molar-refractivity contribution in [1.29, 1.82) is 0 Å². The lowest BCUT2D eigenvalue weighted by molar-refractivity contribution is -0.123. The molecule has 0 heterocycles. The van der Waals surface area contributed by atoms with Gasteiger partial charge in [-0.2, -0.15) is 0 Å². The molecule has 2 amide bonds. The highest BCUT2D eigenvalue weighted by atomic mass is 35.5. The van der Waals surface area contributed by atoms with E-state index in [2.05, 4.69) is 10.6 Å². The van der Waals surface area contributed by atoms with Gasteiger partial charge in [0.15, 0.2) is 0 Å². The molecule has 0 fully saturated rings. The normalized spacial score (nSPS) is 12.4. The summed E-state index contributed by atoms with van der Waals surface area (Å²) in [7, 11) is -3.80. The maximum Gasteiger partial charge on any atom is 0.241 e. The van der Waals surface area contributed by atoms with Crippen LogP contribution in [0.25, 0.3) is 0 Å². The van der Waals surface area contributed by atoms with Crippen LogP contribution in [0.2, 0.25) is 5.02 Å². The highest BCUT2D eigenvalue weighted by Crippen LogP contribution is 2.16. The first-order chi connectivity index (χ1) is 14.1. The molecule has 1 unspecified atom stereocenters. The van der Waals surface area contributed by atoms with Crippen molar-refractivity contribution < 1.29 is 18.0 Å². The molecular weight excluding hydrogens is 428 g/mol. The van der Waals surface area contributed by atoms with Gasteiger partial charge in [-0.05, 0) is 62.4 Å². The molecule has 2 rings (SSSR count). The van der Waals surface area contributed by atoms with Crippen molar-refractivity contribution in [2.45, 2.75) is 31.2 Å². The van der Waals surface area contributed by atoms with E-state index < -0.39 is 16.1 Å². The number of hydrogen-bond donors (Lipinski definition) is 3. The lowest BCUT2D eigenvalue weighted by Gasteiger charge is -2.27. The maximum absolute atomic E-state index is 12.6. The summed E-state index contributed by atoms with van der Waals surface area (Å²) in [4.78, 5) is 26.8. The number of nitrogens with zero attached hydrogens (tertiary/aromatic N) is 1. The summed E-state index contributed by atoms with van der Waals surface area (Å²) in [5, 5.41) is 11.1. The van der Waals surface area contributed by atoms with Crippen LogP contribution in [0.4, 0.5) is 11.4 Å². The number of amides is 2. The van der Waals surface area contributed by atoms with E-state index >= 15 is 0 Å². The van der Waals surface area contributed by atoms with Crippen LogP contribution in [0.3, 0.4) is 0 Å². The molecule has 0 aromatic heterocycles. The number of hydrogen-bond acceptors (Lipinski definition) is 5. The molecule has 4 N–H and O–H groups in total. The monoisotopic (exact) mass is 452 g/mol. The van der Waals surface area contributed by atoms with Gasteiger partial charge in [0.05, 0.1) is 17.5 Å². The van der Waals surface area contributed by atoms with E-state index in [1.54, 1.807) is 36.1 Å². The molecule has 0 aliphatic heterocycles. The first-order valence-corrected chi connectivity index (χ1v) is 11.3. The smallest absolute Gasteiger partial charge is 0.241 e. The van der Waals surface area contributed by atoms with E-state index in [1.165, 1.54) is 24.3 Å². The molecule has 0 bridgehead atoms. The minimum absolute atomic E-state index is 0.00505. The predicted octanol–water partition coefficient (Wildman–Crippen LogP) is 2.67. The zero-order valence-electron chi connectivity index (χ0n) is 16.8. The third kappa shape index (κ3) is 7.10. The second-order valence-corrected chi connectivity index (χ2v) is 8.76. The second kappa shape index (κ2) is 10.5. The number of carbonyl (C=O) groups is 2. The van der Waals surface area contributed by atoms with E-state index in [9.17, 15) is 18.0 Å². The van der Waals surface area contributed by atoms with Gasteiger partial charge < -0.3 is 10.6 Å². The van der Waals surface area contributed by atoms with Crippen LogP contribution in [-0.4, -0.2) is 44.3 Å². The summed E-state index contributed by atoms with van der Waals surface area (Å²) >= 11 is 5.95. The Morgan fingerprint density at radius 3 is 2.33 bits per heavy atom. The Balaban J connectivity index is 2.01. The van der Waals surface area contributed by atoms with Gasteiger partial charge in [-0.15, -0.1) is 0 Å². The van der Waals surface area contributed by atoms with Crippen LogP contribution in [0.5, 0.6) is 0 Å². The van der Waals surface area contributed by atoms with Crippen molar-refractivity contribution in [3.05, 3.63) is 53.6 Å². The van der Waals surface area contributed by atoms with Crippen LogP contribution in [-0.2, 0) is 19.6 Å². The lowest BCUT2D eigenvalue weighted by Crippen LogP contribution is -2.46. The van der Waals surface area contributed by atoms with E-state index in [0.717, 1.165) is 6.42 Å². The Morgan fingerprint density at radius 1 is 1.10 bits per heavy atom. The van der Waals surface area contributed by atoms with Gasteiger partial charge in [-0.1, -0.05) is 24.6 Å². The Morgan fingerprint density at radius 2 is 1.77 bits per heavy atom. The highest BCUT2D eigenvalue weighted by Gasteiger charge is 2.23. The summed E-state index contributed by atoms with van der Waals surface area (Å²) in [6, 6.07) is 11.8. The quantitative estimate of drug-likeness (QED) is 0.540. The number of primary sulfonamides is 1. The van der Waals surface area contributed by atoms with Crippen molar-refractivity contribution in [3.63, 3.8) is 0 Å². The van der Waals surface area contributed by atoms with Gasteiger partial charge in [-0.3, -0.25) is 14.5 Å². The van der Waals surface area contributed by atoms with E-state index in [4.69, 9.17) is 16.7 Å². The molecule has 0 spiro atoms. The number of benzene rings is 2. The van der Waals surface area contributed by atoms with Gasteiger partial charge >= 0.3 is 0 Å². The van der Waals surface area contributed by atoms with Gasteiger partial charge in [0.25, 0.3) is 0 Å². The molecular formula is C20H25ClN4O4S. The first kappa shape index (κ1) is 23.8. The predicted molar refractivity (Wildman–Crippen MR) is 118 cm³/mol. The number of halogens is 1. The molecule has 0 aliphatic rings. The number of nitrogens with one attached hydrogen (secondary N) is 2. The molecule has 10 heteroatoms. The SMILES string of the molecule is CCCN(CC(=O)Nc1ccc(S(N)(=O)=O)cc1)C(C)C(=O)Nc1cccc(Cl)c1. The maximum atomic E-state index is 12.6. The van der Waals surface area contributed by atoms with Crippen molar-refractivity contribution in [2.24, 2.45) is 5.14 Å².